The summed E-state index contributed by atoms with van der Waals surface area (Å²) in [6.45, 7) is 9.32. The lowest BCUT2D eigenvalue weighted by Crippen LogP contribution is -2.60. The second kappa shape index (κ2) is 12.6. The van der Waals surface area contributed by atoms with Crippen molar-refractivity contribution in [1.29, 1.82) is 0 Å². The average molecular weight is 784 g/mol. The van der Waals surface area contributed by atoms with Crippen LogP contribution in [0.2, 0.25) is 11.6 Å². The Bertz CT molecular complexity index is 2790. The molecule has 0 fully saturated rings. The molecule has 6 heterocycles. The van der Waals surface area contributed by atoms with E-state index in [-0.39, 0.29) is 48.7 Å². The number of ether oxygens (including phenoxy) is 3. The van der Waals surface area contributed by atoms with Crippen molar-refractivity contribution in [2.24, 2.45) is 10.9 Å². The Balaban J connectivity index is 1.04. The molecule has 13 rings (SSSR count). The topological polar surface area (TPSA) is 46.5 Å². The van der Waals surface area contributed by atoms with Crippen LogP contribution in [-0.4, -0.2) is 37.5 Å². The third-order valence-corrected chi connectivity index (χ3v) is 14.9. The molecule has 0 saturated heterocycles. The predicted molar refractivity (Wildman–Crippen MR) is 246 cm³/mol. The van der Waals surface area contributed by atoms with Gasteiger partial charge in [0.05, 0.1) is 6.04 Å². The summed E-state index contributed by atoms with van der Waals surface area (Å²) in [6.07, 6.45) is 24.5. The summed E-state index contributed by atoms with van der Waals surface area (Å²) in [5, 5.41) is 0. The van der Waals surface area contributed by atoms with Gasteiger partial charge in [-0.05, 0) is 95.5 Å². The summed E-state index contributed by atoms with van der Waals surface area (Å²) in [5.41, 5.74) is 12.6. The van der Waals surface area contributed by atoms with Gasteiger partial charge >= 0.3 is 0 Å². The highest BCUT2D eigenvalue weighted by Gasteiger charge is 2.55. The normalized spacial score (nSPS) is 26.9. The minimum atomic E-state index is -0.0859. The number of rotatable bonds is 2. The molecule has 6 aliphatic heterocycles. The number of benzene rings is 4. The molecule has 0 amide bonds. The first-order valence-electron chi connectivity index (χ1n) is 22.2. The molecule has 0 bridgehead atoms. The van der Waals surface area contributed by atoms with Gasteiger partial charge in [-0.25, -0.2) is 4.99 Å². The Kier molecular flexibility index (Phi) is 7.32. The maximum Gasteiger partial charge on any atom is 0.237 e. The fraction of sp³-hybridized carbons (Fsp3) is 0.288. The van der Waals surface area contributed by atoms with Crippen LogP contribution in [0.25, 0.3) is 5.57 Å². The van der Waals surface area contributed by atoms with Crippen LogP contribution in [0.1, 0.15) is 64.5 Å². The zero-order valence-electron chi connectivity index (χ0n) is 34.6. The first-order valence-corrected chi connectivity index (χ1v) is 22.2. The number of para-hydroxylation sites is 2. The van der Waals surface area contributed by atoms with Crippen LogP contribution in [0.3, 0.4) is 0 Å². The third-order valence-electron chi connectivity index (χ3n) is 14.9. The van der Waals surface area contributed by atoms with E-state index in [0.717, 1.165) is 65.9 Å². The number of allylic oxidation sites excluding steroid dienone is 6. The Hall–Kier alpha value is -5.88. The first-order chi connectivity index (χ1) is 29.3. The molecule has 294 valence electrons. The van der Waals surface area contributed by atoms with Gasteiger partial charge in [0.25, 0.3) is 0 Å². The average Bonchev–Trinajstić information content (AvgIpc) is 3.60. The molecule has 4 aromatic rings. The second-order valence-corrected chi connectivity index (χ2v) is 19.2. The van der Waals surface area contributed by atoms with Crippen LogP contribution in [0.5, 0.6) is 23.0 Å². The van der Waals surface area contributed by atoms with Gasteiger partial charge in [-0.3, -0.25) is 0 Å². The highest BCUT2D eigenvalue weighted by Crippen LogP contribution is 2.54. The first kappa shape index (κ1) is 34.9. The van der Waals surface area contributed by atoms with Gasteiger partial charge in [0.1, 0.15) is 34.9 Å². The fourth-order valence-corrected chi connectivity index (χ4v) is 12.1. The molecule has 3 aliphatic carbocycles. The standard InChI is InChI=1S/C52H47B2N3O3/c1-30-15-5-10-20-39(30)57-42-27-32(56-40-21-11-6-16-33(40)34-17-7-12-22-41(34)56)28-47-48(42)53(35-18-8-13-23-43(35)59-47)37-29-38-51(55-50(37)57)60-46-26-31(52(2,3)4)25-45-49(46)54(38)36-19-9-14-24-44(36)58-45/h5-9,11-19,21,23-28,30,35,38-39,41,43H,10,20,22,29H2,1-4H3. The molecule has 0 saturated carbocycles. The summed E-state index contributed by atoms with van der Waals surface area (Å²) in [7, 11) is 0. The molecule has 4 aromatic carbocycles. The van der Waals surface area contributed by atoms with Gasteiger partial charge < -0.3 is 24.0 Å². The van der Waals surface area contributed by atoms with Crippen LogP contribution in [0.4, 0.5) is 17.1 Å². The SMILES string of the molecule is CC1C=CCCC1N1C2=C(CC3B4c5ccccc5Oc5cc(C(C)(C)C)cc(c54)OC3=N2)B2c3c(cc(N4c5ccccc5C5=CC=CCC54)cc31)OC1C=CC=CC21. The number of hydrogen-bond donors (Lipinski definition) is 0. The molecular formula is C52H47B2N3O3. The van der Waals surface area contributed by atoms with E-state index in [1.165, 1.54) is 50.2 Å². The molecule has 6 nitrogen and oxygen atoms in total. The van der Waals surface area contributed by atoms with Gasteiger partial charge in [0.15, 0.2) is 5.90 Å². The van der Waals surface area contributed by atoms with Crippen molar-refractivity contribution in [3.05, 3.63) is 150 Å². The van der Waals surface area contributed by atoms with Crippen LogP contribution >= 0.6 is 0 Å². The highest BCUT2D eigenvalue weighted by molar-refractivity contribution is 6.92. The molecule has 6 unspecified atom stereocenters. The monoisotopic (exact) mass is 783 g/mol. The quantitative estimate of drug-likeness (QED) is 0.150. The summed E-state index contributed by atoms with van der Waals surface area (Å²) in [6, 6.07) is 27.4. The van der Waals surface area contributed by atoms with E-state index in [0.29, 0.717) is 5.92 Å². The van der Waals surface area contributed by atoms with Crippen molar-refractivity contribution in [3.8, 4) is 23.0 Å². The molecule has 6 atom stereocenters. The Labute approximate surface area is 353 Å². The van der Waals surface area contributed by atoms with Crippen molar-refractivity contribution >= 4 is 58.3 Å². The molecule has 0 radical (unpaired) electrons. The highest BCUT2D eigenvalue weighted by atomic mass is 16.5. The second-order valence-electron chi connectivity index (χ2n) is 19.2. The minimum Gasteiger partial charge on any atom is -0.487 e. The maximum absolute atomic E-state index is 7.22. The van der Waals surface area contributed by atoms with Crippen molar-refractivity contribution in [1.82, 2.24) is 0 Å². The van der Waals surface area contributed by atoms with Crippen LogP contribution in [0, 0.1) is 5.92 Å². The molecule has 0 aromatic heterocycles. The van der Waals surface area contributed by atoms with Crippen molar-refractivity contribution < 1.29 is 14.2 Å². The van der Waals surface area contributed by atoms with Gasteiger partial charge in [-0.1, -0.05) is 118 Å². The molecule has 8 heteroatoms. The van der Waals surface area contributed by atoms with E-state index in [1.807, 2.05) is 0 Å². The molecule has 9 aliphatic rings. The van der Waals surface area contributed by atoms with Gasteiger partial charge in [0, 0.05) is 51.8 Å². The van der Waals surface area contributed by atoms with Gasteiger partial charge in [0.2, 0.25) is 13.4 Å². The lowest BCUT2D eigenvalue weighted by atomic mass is 9.25. The Morgan fingerprint density at radius 2 is 1.60 bits per heavy atom. The van der Waals surface area contributed by atoms with Crippen LogP contribution in [0.15, 0.2) is 144 Å². The van der Waals surface area contributed by atoms with Crippen molar-refractivity contribution in [2.75, 3.05) is 9.80 Å². The smallest absolute Gasteiger partial charge is 0.237 e. The predicted octanol–water partition coefficient (Wildman–Crippen LogP) is 9.71. The van der Waals surface area contributed by atoms with E-state index in [4.69, 9.17) is 19.2 Å². The third kappa shape index (κ3) is 4.88. The lowest BCUT2D eigenvalue weighted by Gasteiger charge is -2.51. The molecule has 0 spiro atoms. The Morgan fingerprint density at radius 3 is 2.48 bits per heavy atom. The molecule has 60 heavy (non-hydrogen) atoms. The number of aliphatic imine (C=N–C) groups is 1. The summed E-state index contributed by atoms with van der Waals surface area (Å²) < 4.78 is 21.2. The number of hydrogen-bond acceptors (Lipinski definition) is 6. The summed E-state index contributed by atoms with van der Waals surface area (Å²) >= 11 is 0. The maximum atomic E-state index is 7.22. The Morgan fingerprint density at radius 1 is 0.767 bits per heavy atom. The number of nitrogens with zero attached hydrogens (tertiary/aromatic N) is 3. The van der Waals surface area contributed by atoms with Crippen LogP contribution in [-0.2, 0) is 5.41 Å². The summed E-state index contributed by atoms with van der Waals surface area (Å²) in [5.74, 6) is 6.12. The largest absolute Gasteiger partial charge is 0.487 e. The van der Waals surface area contributed by atoms with Crippen molar-refractivity contribution in [3.63, 3.8) is 0 Å². The van der Waals surface area contributed by atoms with E-state index in [2.05, 4.69) is 165 Å². The van der Waals surface area contributed by atoms with Gasteiger partial charge in [-0.15, -0.1) is 0 Å². The van der Waals surface area contributed by atoms with E-state index in [1.54, 1.807) is 0 Å². The zero-order chi connectivity index (χ0) is 40.0. The summed E-state index contributed by atoms with van der Waals surface area (Å²) in [4.78, 5) is 11.1. The van der Waals surface area contributed by atoms with Gasteiger partial charge in [-0.2, -0.15) is 0 Å². The minimum absolute atomic E-state index is 0.0189. The molecular weight excluding hydrogens is 736 g/mol. The van der Waals surface area contributed by atoms with E-state index in [9.17, 15) is 0 Å². The molecule has 0 N–H and O–H groups in total. The van der Waals surface area contributed by atoms with Crippen molar-refractivity contribution in [2.45, 2.75) is 88.6 Å². The van der Waals surface area contributed by atoms with E-state index < -0.39 is 0 Å². The van der Waals surface area contributed by atoms with Crippen LogP contribution < -0.4 is 40.4 Å². The lowest BCUT2D eigenvalue weighted by molar-refractivity contribution is 0.246. The number of fused-ring (bicyclic) bond motifs is 10. The number of anilines is 3. The fourth-order valence-electron chi connectivity index (χ4n) is 12.1. The van der Waals surface area contributed by atoms with E-state index >= 15 is 0 Å². The zero-order valence-corrected chi connectivity index (χ0v) is 34.6.